The maximum absolute atomic E-state index is 5.91. The van der Waals surface area contributed by atoms with Gasteiger partial charge in [-0.1, -0.05) is 17.7 Å². The number of aryl methyl sites for hydroxylation is 1. The molecule has 5 heteroatoms. The summed E-state index contributed by atoms with van der Waals surface area (Å²) < 4.78 is 0. The molecule has 104 valence electrons. The lowest BCUT2D eigenvalue weighted by Crippen LogP contribution is -2.28. The van der Waals surface area contributed by atoms with Gasteiger partial charge in [-0.05, 0) is 44.0 Å². The van der Waals surface area contributed by atoms with E-state index in [-0.39, 0.29) is 0 Å². The summed E-state index contributed by atoms with van der Waals surface area (Å²) in [7, 11) is 2.12. The molecule has 0 saturated heterocycles. The van der Waals surface area contributed by atoms with Crippen molar-refractivity contribution in [3.05, 3.63) is 52.8 Å². The summed E-state index contributed by atoms with van der Waals surface area (Å²) in [4.78, 5) is 15.1. The van der Waals surface area contributed by atoms with Gasteiger partial charge in [-0.15, -0.1) is 0 Å². The van der Waals surface area contributed by atoms with Crippen LogP contribution in [0.4, 0.5) is 0 Å². The molecule has 2 aromatic heterocycles. The second kappa shape index (κ2) is 5.85. The van der Waals surface area contributed by atoms with Crippen molar-refractivity contribution in [3.63, 3.8) is 0 Å². The fourth-order valence-corrected chi connectivity index (χ4v) is 3.01. The first kappa shape index (κ1) is 13.5. The Morgan fingerprint density at radius 2 is 2.25 bits per heavy atom. The van der Waals surface area contributed by atoms with Gasteiger partial charge in [0.05, 0.1) is 17.4 Å². The summed E-state index contributed by atoms with van der Waals surface area (Å²) in [6.45, 7) is 0.753. The molecule has 0 bridgehead atoms. The molecule has 1 aliphatic rings. The molecule has 2 aromatic rings. The van der Waals surface area contributed by atoms with Crippen molar-refractivity contribution in [3.8, 4) is 0 Å². The second-order valence-corrected chi connectivity index (χ2v) is 5.59. The lowest BCUT2D eigenvalue weighted by Gasteiger charge is -2.32. The van der Waals surface area contributed by atoms with Crippen LogP contribution in [0.25, 0.3) is 0 Å². The molecule has 0 spiro atoms. The van der Waals surface area contributed by atoms with E-state index in [1.165, 1.54) is 24.0 Å². The Bertz CT molecular complexity index is 602. The predicted molar refractivity (Wildman–Crippen MR) is 78.4 cm³/mol. The van der Waals surface area contributed by atoms with Gasteiger partial charge in [0, 0.05) is 12.7 Å². The van der Waals surface area contributed by atoms with Crippen LogP contribution >= 0.6 is 11.6 Å². The largest absolute Gasteiger partial charge is 0.292 e. The summed E-state index contributed by atoms with van der Waals surface area (Å²) in [5.41, 5.74) is 3.52. The van der Waals surface area contributed by atoms with Gasteiger partial charge >= 0.3 is 0 Å². The first-order valence-electron chi connectivity index (χ1n) is 6.84. The average Bonchev–Trinajstić information content (AvgIpc) is 2.46. The standard InChI is InChI=1S/C15H17ClN4/c1-20(9-12-8-14(16)19-10-18-12)13-6-2-4-11-5-3-7-17-15(11)13/h3,5,7-8,10,13H,2,4,6,9H2,1H3. The molecule has 1 atom stereocenters. The Balaban J connectivity index is 1.80. The Kier molecular flexibility index (Phi) is 3.94. The number of halogens is 1. The van der Waals surface area contributed by atoms with Crippen molar-refractivity contribution in [1.29, 1.82) is 0 Å². The van der Waals surface area contributed by atoms with E-state index in [0.717, 1.165) is 25.1 Å². The van der Waals surface area contributed by atoms with E-state index in [0.29, 0.717) is 11.2 Å². The van der Waals surface area contributed by atoms with E-state index in [1.807, 2.05) is 18.3 Å². The van der Waals surface area contributed by atoms with E-state index < -0.39 is 0 Å². The highest BCUT2D eigenvalue weighted by atomic mass is 35.5. The van der Waals surface area contributed by atoms with Crippen molar-refractivity contribution in [1.82, 2.24) is 19.9 Å². The highest BCUT2D eigenvalue weighted by molar-refractivity contribution is 6.29. The zero-order valence-corrected chi connectivity index (χ0v) is 12.2. The molecule has 4 nitrogen and oxygen atoms in total. The van der Waals surface area contributed by atoms with Crippen LogP contribution in [0.3, 0.4) is 0 Å². The SMILES string of the molecule is CN(Cc1cc(Cl)ncn1)C1CCCc2cccnc21. The lowest BCUT2D eigenvalue weighted by atomic mass is 9.91. The maximum atomic E-state index is 5.91. The molecule has 0 aliphatic heterocycles. The molecule has 2 heterocycles. The molecule has 1 aliphatic carbocycles. The maximum Gasteiger partial charge on any atom is 0.132 e. The van der Waals surface area contributed by atoms with Crippen LogP contribution in [0.5, 0.6) is 0 Å². The number of hydrogen-bond donors (Lipinski definition) is 0. The summed E-state index contributed by atoms with van der Waals surface area (Å²) in [6, 6.07) is 6.38. The summed E-state index contributed by atoms with van der Waals surface area (Å²) in [5.74, 6) is 0. The third-order valence-corrected chi connectivity index (χ3v) is 4.01. The number of aromatic nitrogens is 3. The van der Waals surface area contributed by atoms with Crippen LogP contribution < -0.4 is 0 Å². The third kappa shape index (κ3) is 2.81. The lowest BCUT2D eigenvalue weighted by molar-refractivity contribution is 0.206. The minimum absolute atomic E-state index is 0.355. The monoisotopic (exact) mass is 288 g/mol. The van der Waals surface area contributed by atoms with E-state index in [9.17, 15) is 0 Å². The molecular weight excluding hydrogens is 272 g/mol. The Morgan fingerprint density at radius 1 is 1.35 bits per heavy atom. The molecule has 0 amide bonds. The first-order chi connectivity index (χ1) is 9.74. The predicted octanol–water partition coefficient (Wildman–Crippen LogP) is 3.03. The molecule has 0 N–H and O–H groups in total. The van der Waals surface area contributed by atoms with Crippen molar-refractivity contribution in [2.75, 3.05) is 7.05 Å². The van der Waals surface area contributed by atoms with Crippen molar-refractivity contribution in [2.45, 2.75) is 31.8 Å². The van der Waals surface area contributed by atoms with E-state index in [1.54, 1.807) is 0 Å². The number of hydrogen-bond acceptors (Lipinski definition) is 4. The minimum Gasteiger partial charge on any atom is -0.292 e. The average molecular weight is 289 g/mol. The quantitative estimate of drug-likeness (QED) is 0.814. The van der Waals surface area contributed by atoms with Crippen LogP contribution in [0.1, 0.15) is 35.8 Å². The van der Waals surface area contributed by atoms with Gasteiger partial charge in [0.15, 0.2) is 0 Å². The molecule has 1 unspecified atom stereocenters. The molecule has 0 radical (unpaired) electrons. The minimum atomic E-state index is 0.355. The Labute approximate surface area is 123 Å². The molecule has 20 heavy (non-hydrogen) atoms. The van der Waals surface area contributed by atoms with Gasteiger partial charge in [0.2, 0.25) is 0 Å². The van der Waals surface area contributed by atoms with Crippen LogP contribution in [-0.4, -0.2) is 26.9 Å². The van der Waals surface area contributed by atoms with Crippen molar-refractivity contribution < 1.29 is 0 Å². The molecule has 0 aromatic carbocycles. The van der Waals surface area contributed by atoms with Gasteiger partial charge in [-0.2, -0.15) is 0 Å². The molecular formula is C15H17ClN4. The van der Waals surface area contributed by atoms with E-state index in [4.69, 9.17) is 11.6 Å². The highest BCUT2D eigenvalue weighted by Crippen LogP contribution is 2.32. The topological polar surface area (TPSA) is 41.9 Å². The van der Waals surface area contributed by atoms with Gasteiger partial charge in [-0.25, -0.2) is 9.97 Å². The van der Waals surface area contributed by atoms with Crippen LogP contribution in [0, 0.1) is 0 Å². The summed E-state index contributed by atoms with van der Waals surface area (Å²) in [6.07, 6.45) is 6.87. The first-order valence-corrected chi connectivity index (χ1v) is 7.22. The fourth-order valence-electron chi connectivity index (χ4n) is 2.84. The second-order valence-electron chi connectivity index (χ2n) is 5.20. The van der Waals surface area contributed by atoms with Crippen molar-refractivity contribution >= 4 is 11.6 Å². The van der Waals surface area contributed by atoms with E-state index in [2.05, 4.69) is 33.0 Å². The zero-order chi connectivity index (χ0) is 13.9. The fraction of sp³-hybridized carbons (Fsp3) is 0.400. The molecule has 0 fully saturated rings. The summed E-state index contributed by atoms with van der Waals surface area (Å²) >= 11 is 5.91. The van der Waals surface area contributed by atoms with Crippen LogP contribution in [-0.2, 0) is 13.0 Å². The summed E-state index contributed by atoms with van der Waals surface area (Å²) in [5, 5.41) is 0.491. The van der Waals surface area contributed by atoms with Gasteiger partial charge in [0.1, 0.15) is 11.5 Å². The number of fused-ring (bicyclic) bond motifs is 1. The van der Waals surface area contributed by atoms with Crippen LogP contribution in [0.2, 0.25) is 5.15 Å². The zero-order valence-electron chi connectivity index (χ0n) is 11.5. The van der Waals surface area contributed by atoms with Gasteiger partial charge < -0.3 is 0 Å². The number of nitrogens with zero attached hydrogens (tertiary/aromatic N) is 4. The van der Waals surface area contributed by atoms with E-state index >= 15 is 0 Å². The highest BCUT2D eigenvalue weighted by Gasteiger charge is 2.25. The molecule has 3 rings (SSSR count). The van der Waals surface area contributed by atoms with Gasteiger partial charge in [0.25, 0.3) is 0 Å². The van der Waals surface area contributed by atoms with Crippen molar-refractivity contribution in [2.24, 2.45) is 0 Å². The third-order valence-electron chi connectivity index (χ3n) is 3.80. The Hall–Kier alpha value is -1.52. The number of rotatable bonds is 3. The smallest absolute Gasteiger partial charge is 0.132 e. The number of pyridine rings is 1. The Morgan fingerprint density at radius 3 is 3.10 bits per heavy atom. The normalized spacial score (nSPS) is 18.1. The van der Waals surface area contributed by atoms with Crippen LogP contribution in [0.15, 0.2) is 30.7 Å². The van der Waals surface area contributed by atoms with Gasteiger partial charge in [-0.3, -0.25) is 9.88 Å². The molecule has 0 saturated carbocycles.